The van der Waals surface area contributed by atoms with Crippen molar-refractivity contribution in [3.8, 4) is 5.75 Å². The molecular weight excluding hydrogens is 364 g/mol. The van der Waals surface area contributed by atoms with Crippen molar-refractivity contribution >= 4 is 5.91 Å². The van der Waals surface area contributed by atoms with Crippen LogP contribution in [0.5, 0.6) is 5.75 Å². The Hall–Kier alpha value is -2.47. The molecule has 1 N–H and O–H groups in total. The molecule has 6 heteroatoms. The fourth-order valence-corrected chi connectivity index (χ4v) is 4.27. The highest BCUT2D eigenvalue weighted by Gasteiger charge is 2.30. The summed E-state index contributed by atoms with van der Waals surface area (Å²) < 4.78 is 6.00. The number of piperidine rings is 1. The van der Waals surface area contributed by atoms with E-state index in [-0.39, 0.29) is 11.8 Å². The molecule has 2 unspecified atom stereocenters. The van der Waals surface area contributed by atoms with Crippen molar-refractivity contribution in [3.63, 3.8) is 0 Å². The molecule has 0 bridgehead atoms. The summed E-state index contributed by atoms with van der Waals surface area (Å²) in [5, 5.41) is 3.35. The maximum Gasteiger partial charge on any atom is 0.263 e. The summed E-state index contributed by atoms with van der Waals surface area (Å²) in [6.45, 7) is 9.15. The van der Waals surface area contributed by atoms with Crippen molar-refractivity contribution in [2.24, 2.45) is 0 Å². The predicted molar refractivity (Wildman–Crippen MR) is 112 cm³/mol. The first-order valence-electron chi connectivity index (χ1n) is 10.6. The van der Waals surface area contributed by atoms with Crippen molar-refractivity contribution in [1.82, 2.24) is 20.2 Å². The van der Waals surface area contributed by atoms with Crippen LogP contribution in [-0.2, 0) is 17.8 Å². The third kappa shape index (κ3) is 4.42. The van der Waals surface area contributed by atoms with Gasteiger partial charge in [0.05, 0.1) is 0 Å². The van der Waals surface area contributed by atoms with Crippen molar-refractivity contribution in [2.45, 2.75) is 58.6 Å². The first-order chi connectivity index (χ1) is 14.0. The van der Waals surface area contributed by atoms with E-state index in [1.54, 1.807) is 0 Å². The number of hydrogen-bond acceptors (Lipinski definition) is 5. The van der Waals surface area contributed by atoms with Crippen molar-refractivity contribution in [3.05, 3.63) is 52.6 Å². The summed E-state index contributed by atoms with van der Waals surface area (Å²) in [5.41, 5.74) is 4.59. The van der Waals surface area contributed by atoms with Crippen molar-refractivity contribution in [2.75, 3.05) is 19.6 Å². The van der Waals surface area contributed by atoms with E-state index in [1.807, 2.05) is 37.1 Å². The zero-order chi connectivity index (χ0) is 20.4. The van der Waals surface area contributed by atoms with Crippen molar-refractivity contribution < 1.29 is 9.53 Å². The fraction of sp³-hybridized carbons (Fsp3) is 0.522. The number of benzene rings is 1. The van der Waals surface area contributed by atoms with Gasteiger partial charge < -0.3 is 15.0 Å². The maximum absolute atomic E-state index is 13.0. The molecule has 0 radical (unpaired) electrons. The van der Waals surface area contributed by atoms with Gasteiger partial charge in [-0.25, -0.2) is 9.97 Å². The van der Waals surface area contributed by atoms with E-state index in [2.05, 4.69) is 23.3 Å². The van der Waals surface area contributed by atoms with Gasteiger partial charge in [-0.15, -0.1) is 0 Å². The van der Waals surface area contributed by atoms with E-state index < -0.39 is 6.10 Å². The third-order valence-corrected chi connectivity index (χ3v) is 5.91. The second-order valence-electron chi connectivity index (χ2n) is 8.28. The molecule has 2 atom stereocenters. The molecule has 154 valence electrons. The smallest absolute Gasteiger partial charge is 0.263 e. The number of nitrogens with one attached hydrogen (secondary N) is 1. The number of aromatic nitrogens is 2. The molecule has 1 amide bonds. The molecule has 29 heavy (non-hydrogen) atoms. The number of amides is 1. The summed E-state index contributed by atoms with van der Waals surface area (Å²) >= 11 is 0. The number of ether oxygens (including phenoxy) is 1. The summed E-state index contributed by atoms with van der Waals surface area (Å²) in [4.78, 5) is 24.4. The zero-order valence-electron chi connectivity index (χ0n) is 17.6. The van der Waals surface area contributed by atoms with Crippen LogP contribution in [0.15, 0.2) is 24.4 Å². The molecule has 1 aromatic carbocycles. The minimum Gasteiger partial charge on any atom is -0.481 e. The van der Waals surface area contributed by atoms with Gasteiger partial charge in [-0.1, -0.05) is 17.7 Å². The van der Waals surface area contributed by atoms with Gasteiger partial charge >= 0.3 is 0 Å². The first kappa shape index (κ1) is 19.8. The van der Waals surface area contributed by atoms with E-state index in [0.29, 0.717) is 6.54 Å². The number of rotatable bonds is 4. The van der Waals surface area contributed by atoms with Gasteiger partial charge in [-0.3, -0.25) is 4.79 Å². The summed E-state index contributed by atoms with van der Waals surface area (Å²) in [6, 6.07) is 6.04. The Morgan fingerprint density at radius 3 is 3.03 bits per heavy atom. The standard InChI is InChI=1S/C23H30N4O2/c1-15-6-7-21(16(2)11-15)29-17(3)23(28)27-10-4-5-18(14-27)22-25-13-19-12-24-9-8-20(19)26-22/h6-7,11,13,17-18,24H,4-5,8-10,12,14H2,1-3H3. The summed E-state index contributed by atoms with van der Waals surface area (Å²) in [5.74, 6) is 1.89. The monoisotopic (exact) mass is 394 g/mol. The molecule has 2 aromatic rings. The number of carbonyl (C=O) groups is 1. The number of nitrogens with zero attached hydrogens (tertiary/aromatic N) is 3. The lowest BCUT2D eigenvalue weighted by molar-refractivity contribution is -0.139. The van der Waals surface area contributed by atoms with Crippen LogP contribution >= 0.6 is 0 Å². The maximum atomic E-state index is 13.0. The number of hydrogen-bond donors (Lipinski definition) is 1. The number of aryl methyl sites for hydroxylation is 2. The lowest BCUT2D eigenvalue weighted by atomic mass is 9.96. The van der Waals surface area contributed by atoms with E-state index in [4.69, 9.17) is 9.72 Å². The molecule has 6 nitrogen and oxygen atoms in total. The summed E-state index contributed by atoms with van der Waals surface area (Å²) in [7, 11) is 0. The molecule has 4 rings (SSSR count). The molecule has 1 fully saturated rings. The van der Waals surface area contributed by atoms with E-state index in [0.717, 1.165) is 61.7 Å². The highest BCUT2D eigenvalue weighted by Crippen LogP contribution is 2.27. The Morgan fingerprint density at radius 2 is 2.21 bits per heavy atom. The van der Waals surface area contributed by atoms with Gasteiger partial charge in [0, 0.05) is 56.0 Å². The van der Waals surface area contributed by atoms with Crippen LogP contribution in [0.4, 0.5) is 0 Å². The lowest BCUT2D eigenvalue weighted by Gasteiger charge is -2.34. The molecule has 0 spiro atoms. The highest BCUT2D eigenvalue weighted by atomic mass is 16.5. The lowest BCUT2D eigenvalue weighted by Crippen LogP contribution is -2.45. The normalized spacial score (nSPS) is 20.1. The minimum absolute atomic E-state index is 0.0387. The number of carbonyl (C=O) groups excluding carboxylic acids is 1. The van der Waals surface area contributed by atoms with E-state index >= 15 is 0 Å². The highest BCUT2D eigenvalue weighted by molar-refractivity contribution is 5.81. The number of likely N-dealkylation sites (tertiary alicyclic amines) is 1. The fourth-order valence-electron chi connectivity index (χ4n) is 4.27. The number of fused-ring (bicyclic) bond motifs is 1. The predicted octanol–water partition coefficient (Wildman–Crippen LogP) is 2.91. The Morgan fingerprint density at radius 1 is 1.34 bits per heavy atom. The quantitative estimate of drug-likeness (QED) is 0.864. The van der Waals surface area contributed by atoms with Crippen molar-refractivity contribution in [1.29, 1.82) is 0 Å². The Labute approximate surface area is 172 Å². The van der Waals surface area contributed by atoms with Gasteiger partial charge in [0.15, 0.2) is 6.10 Å². The zero-order valence-corrected chi connectivity index (χ0v) is 17.6. The van der Waals surface area contributed by atoms with Crippen LogP contribution in [0.2, 0.25) is 0 Å². The molecule has 3 heterocycles. The molecule has 1 saturated heterocycles. The summed E-state index contributed by atoms with van der Waals surface area (Å²) in [6.07, 6.45) is 4.38. The Balaban J connectivity index is 1.43. The van der Waals surface area contributed by atoms with Crippen LogP contribution in [0.25, 0.3) is 0 Å². The van der Waals surface area contributed by atoms with Crippen LogP contribution in [0.3, 0.4) is 0 Å². The van der Waals surface area contributed by atoms with Crippen LogP contribution < -0.4 is 10.1 Å². The molecule has 2 aliphatic rings. The largest absolute Gasteiger partial charge is 0.481 e. The molecule has 2 aliphatic heterocycles. The van der Waals surface area contributed by atoms with Gasteiger partial charge in [-0.2, -0.15) is 0 Å². The Bertz CT molecular complexity index is 898. The molecule has 0 aliphatic carbocycles. The van der Waals surface area contributed by atoms with Crippen LogP contribution in [0, 0.1) is 13.8 Å². The average Bonchev–Trinajstić information content (AvgIpc) is 2.75. The van der Waals surface area contributed by atoms with Crippen LogP contribution in [-0.4, -0.2) is 46.5 Å². The average molecular weight is 395 g/mol. The van der Waals surface area contributed by atoms with Crippen LogP contribution in [0.1, 0.15) is 53.9 Å². The SMILES string of the molecule is Cc1ccc(OC(C)C(=O)N2CCCC(c3ncc4c(n3)CCNC4)C2)c(C)c1. The topological polar surface area (TPSA) is 67.3 Å². The molecular formula is C23H30N4O2. The van der Waals surface area contributed by atoms with Gasteiger partial charge in [0.1, 0.15) is 11.6 Å². The molecule has 0 saturated carbocycles. The molecule has 1 aromatic heterocycles. The first-order valence-corrected chi connectivity index (χ1v) is 10.6. The second kappa shape index (κ2) is 8.49. The minimum atomic E-state index is -0.509. The van der Waals surface area contributed by atoms with Gasteiger partial charge in [-0.05, 0) is 45.2 Å². The van der Waals surface area contributed by atoms with Gasteiger partial charge in [0.25, 0.3) is 5.91 Å². The van der Waals surface area contributed by atoms with Gasteiger partial charge in [0.2, 0.25) is 0 Å². The third-order valence-electron chi connectivity index (χ3n) is 5.91. The Kier molecular flexibility index (Phi) is 5.81. The van der Waals surface area contributed by atoms with E-state index in [9.17, 15) is 4.79 Å². The second-order valence-corrected chi connectivity index (χ2v) is 8.28. The van der Waals surface area contributed by atoms with E-state index in [1.165, 1.54) is 11.1 Å².